The van der Waals surface area contributed by atoms with Gasteiger partial charge in [-0.3, -0.25) is 4.79 Å². The van der Waals surface area contributed by atoms with Gasteiger partial charge in [-0.15, -0.1) is 0 Å². The van der Waals surface area contributed by atoms with Crippen molar-refractivity contribution in [2.24, 2.45) is 0 Å². The Bertz CT molecular complexity index is 466. The number of carbonyl (C=O) groups is 1. The second-order valence-corrected chi connectivity index (χ2v) is 5.49. The zero-order chi connectivity index (χ0) is 14.5. The standard InChI is InChI=1S/C15H22FN3O/c1-11-8-13(6-7-19(11)2)17-10-15(20)18-14-5-3-4-12(16)9-14/h3-5,9,11,13,17H,6-8,10H2,1-2H3,(H,18,20). The molecule has 1 amide bonds. The van der Waals surface area contributed by atoms with Gasteiger partial charge in [0.25, 0.3) is 0 Å². The van der Waals surface area contributed by atoms with E-state index in [2.05, 4.69) is 29.5 Å². The molecular formula is C15H22FN3O. The predicted molar refractivity (Wildman–Crippen MR) is 78.1 cm³/mol. The number of benzene rings is 1. The van der Waals surface area contributed by atoms with Crippen LogP contribution in [0.1, 0.15) is 19.8 Å². The van der Waals surface area contributed by atoms with Gasteiger partial charge in [-0.05, 0) is 51.6 Å². The molecule has 1 heterocycles. The van der Waals surface area contributed by atoms with E-state index in [1.165, 1.54) is 12.1 Å². The fourth-order valence-electron chi connectivity index (χ4n) is 2.48. The maximum absolute atomic E-state index is 13.0. The minimum absolute atomic E-state index is 0.137. The number of nitrogens with one attached hydrogen (secondary N) is 2. The summed E-state index contributed by atoms with van der Waals surface area (Å²) in [6, 6.07) is 6.84. The molecule has 1 aliphatic heterocycles. The summed E-state index contributed by atoms with van der Waals surface area (Å²) >= 11 is 0. The van der Waals surface area contributed by atoms with Crippen molar-refractivity contribution in [2.75, 3.05) is 25.5 Å². The van der Waals surface area contributed by atoms with E-state index in [0.29, 0.717) is 17.8 Å². The molecule has 110 valence electrons. The second-order valence-electron chi connectivity index (χ2n) is 5.49. The van der Waals surface area contributed by atoms with Crippen molar-refractivity contribution >= 4 is 11.6 Å². The lowest BCUT2D eigenvalue weighted by atomic mass is 9.99. The van der Waals surface area contributed by atoms with Gasteiger partial charge in [0, 0.05) is 17.8 Å². The number of hydrogen-bond donors (Lipinski definition) is 2. The van der Waals surface area contributed by atoms with E-state index in [0.717, 1.165) is 19.4 Å². The number of anilines is 1. The quantitative estimate of drug-likeness (QED) is 0.884. The van der Waals surface area contributed by atoms with Crippen LogP contribution in [0.2, 0.25) is 0 Å². The van der Waals surface area contributed by atoms with Crippen LogP contribution in [0.15, 0.2) is 24.3 Å². The van der Waals surface area contributed by atoms with Gasteiger partial charge in [-0.25, -0.2) is 4.39 Å². The summed E-state index contributed by atoms with van der Waals surface area (Å²) in [6.07, 6.45) is 2.10. The summed E-state index contributed by atoms with van der Waals surface area (Å²) in [7, 11) is 2.12. The van der Waals surface area contributed by atoms with E-state index in [4.69, 9.17) is 0 Å². The topological polar surface area (TPSA) is 44.4 Å². The smallest absolute Gasteiger partial charge is 0.238 e. The molecule has 20 heavy (non-hydrogen) atoms. The van der Waals surface area contributed by atoms with Crippen molar-refractivity contribution in [3.63, 3.8) is 0 Å². The molecule has 1 aromatic rings. The van der Waals surface area contributed by atoms with Crippen LogP contribution in [0, 0.1) is 5.82 Å². The number of likely N-dealkylation sites (tertiary alicyclic amines) is 1. The number of halogens is 1. The number of rotatable bonds is 4. The van der Waals surface area contributed by atoms with Gasteiger partial charge in [0.2, 0.25) is 5.91 Å². The molecule has 0 aliphatic carbocycles. The molecule has 2 rings (SSSR count). The highest BCUT2D eigenvalue weighted by Crippen LogP contribution is 2.15. The fraction of sp³-hybridized carbons (Fsp3) is 0.533. The lowest BCUT2D eigenvalue weighted by molar-refractivity contribution is -0.115. The van der Waals surface area contributed by atoms with Gasteiger partial charge in [-0.1, -0.05) is 6.07 Å². The second kappa shape index (κ2) is 6.81. The molecule has 1 aromatic carbocycles. The number of hydrogen-bond acceptors (Lipinski definition) is 3. The van der Waals surface area contributed by atoms with Gasteiger partial charge in [0.15, 0.2) is 0 Å². The molecule has 1 saturated heterocycles. The number of nitrogens with zero attached hydrogens (tertiary/aromatic N) is 1. The Morgan fingerprint density at radius 1 is 1.50 bits per heavy atom. The Labute approximate surface area is 119 Å². The maximum atomic E-state index is 13.0. The van der Waals surface area contributed by atoms with Crippen LogP contribution in [0.3, 0.4) is 0 Å². The van der Waals surface area contributed by atoms with Crippen LogP contribution >= 0.6 is 0 Å². The molecular weight excluding hydrogens is 257 g/mol. The molecule has 0 saturated carbocycles. The Balaban J connectivity index is 1.75. The summed E-state index contributed by atoms with van der Waals surface area (Å²) in [5, 5.41) is 5.97. The van der Waals surface area contributed by atoms with Crippen molar-refractivity contribution in [1.29, 1.82) is 0 Å². The minimum atomic E-state index is -0.347. The Morgan fingerprint density at radius 3 is 3.00 bits per heavy atom. The molecule has 2 N–H and O–H groups in total. The van der Waals surface area contributed by atoms with Crippen LogP contribution in [-0.2, 0) is 4.79 Å². The van der Waals surface area contributed by atoms with Gasteiger partial charge in [0.1, 0.15) is 5.82 Å². The molecule has 1 aliphatic rings. The first-order valence-electron chi connectivity index (χ1n) is 7.03. The van der Waals surface area contributed by atoms with Crippen molar-refractivity contribution < 1.29 is 9.18 Å². The van der Waals surface area contributed by atoms with Gasteiger partial charge in [0.05, 0.1) is 6.54 Å². The lowest BCUT2D eigenvalue weighted by Gasteiger charge is -2.35. The minimum Gasteiger partial charge on any atom is -0.325 e. The van der Waals surface area contributed by atoms with Crippen LogP contribution in [0.25, 0.3) is 0 Å². The van der Waals surface area contributed by atoms with E-state index in [9.17, 15) is 9.18 Å². The summed E-state index contributed by atoms with van der Waals surface area (Å²) in [6.45, 7) is 3.50. The molecule has 4 nitrogen and oxygen atoms in total. The average Bonchev–Trinajstić information content (AvgIpc) is 2.40. The lowest BCUT2D eigenvalue weighted by Crippen LogP contribution is -2.47. The number of piperidine rings is 1. The number of amides is 1. The SMILES string of the molecule is CC1CC(NCC(=O)Nc2cccc(F)c2)CCN1C. The third kappa shape index (κ3) is 4.28. The van der Waals surface area contributed by atoms with E-state index < -0.39 is 0 Å². The van der Waals surface area contributed by atoms with Crippen molar-refractivity contribution in [3.05, 3.63) is 30.1 Å². The first-order valence-corrected chi connectivity index (χ1v) is 7.03. The monoisotopic (exact) mass is 279 g/mol. The third-order valence-corrected chi connectivity index (χ3v) is 3.87. The molecule has 0 spiro atoms. The molecule has 5 heteroatoms. The predicted octanol–water partition coefficient (Wildman–Crippen LogP) is 1.84. The van der Waals surface area contributed by atoms with Crippen molar-refractivity contribution in [2.45, 2.75) is 31.8 Å². The van der Waals surface area contributed by atoms with E-state index in [-0.39, 0.29) is 18.3 Å². The summed E-state index contributed by atoms with van der Waals surface area (Å²) in [5.74, 6) is -0.484. The van der Waals surface area contributed by atoms with Crippen LogP contribution in [0.5, 0.6) is 0 Å². The zero-order valence-corrected chi connectivity index (χ0v) is 12.0. The maximum Gasteiger partial charge on any atom is 0.238 e. The average molecular weight is 279 g/mol. The van der Waals surface area contributed by atoms with Crippen LogP contribution in [-0.4, -0.2) is 43.0 Å². The molecule has 0 radical (unpaired) electrons. The Hall–Kier alpha value is -1.46. The summed E-state index contributed by atoms with van der Waals surface area (Å²) in [4.78, 5) is 14.1. The highest BCUT2D eigenvalue weighted by atomic mass is 19.1. The Kier molecular flexibility index (Phi) is 5.09. The van der Waals surface area contributed by atoms with E-state index >= 15 is 0 Å². The largest absolute Gasteiger partial charge is 0.325 e. The summed E-state index contributed by atoms with van der Waals surface area (Å²) < 4.78 is 13.0. The van der Waals surface area contributed by atoms with E-state index in [1.54, 1.807) is 12.1 Å². The molecule has 0 aromatic heterocycles. The first-order chi connectivity index (χ1) is 9.54. The van der Waals surface area contributed by atoms with Gasteiger partial charge >= 0.3 is 0 Å². The molecule has 1 fully saturated rings. The Morgan fingerprint density at radius 2 is 2.30 bits per heavy atom. The fourth-order valence-corrected chi connectivity index (χ4v) is 2.48. The van der Waals surface area contributed by atoms with Crippen molar-refractivity contribution in [1.82, 2.24) is 10.2 Å². The normalized spacial score (nSPS) is 23.6. The number of carbonyl (C=O) groups excluding carboxylic acids is 1. The van der Waals surface area contributed by atoms with Crippen LogP contribution in [0.4, 0.5) is 10.1 Å². The highest BCUT2D eigenvalue weighted by molar-refractivity contribution is 5.92. The molecule has 2 atom stereocenters. The third-order valence-electron chi connectivity index (χ3n) is 3.87. The van der Waals surface area contributed by atoms with Gasteiger partial charge in [-0.2, -0.15) is 0 Å². The van der Waals surface area contributed by atoms with Gasteiger partial charge < -0.3 is 15.5 Å². The molecule has 2 unspecified atom stereocenters. The van der Waals surface area contributed by atoms with Crippen molar-refractivity contribution in [3.8, 4) is 0 Å². The summed E-state index contributed by atoms with van der Waals surface area (Å²) in [5.41, 5.74) is 0.494. The highest BCUT2D eigenvalue weighted by Gasteiger charge is 2.22. The zero-order valence-electron chi connectivity index (χ0n) is 12.0. The first kappa shape index (κ1) is 14.9. The van der Waals surface area contributed by atoms with E-state index in [1.807, 2.05) is 0 Å². The van der Waals surface area contributed by atoms with Crippen LogP contribution < -0.4 is 10.6 Å². The molecule has 0 bridgehead atoms.